The Morgan fingerprint density at radius 1 is 0.592 bits per heavy atom. The summed E-state index contributed by atoms with van der Waals surface area (Å²) in [5, 5.41) is 14.3. The molecule has 2 aromatic heterocycles. The molecule has 0 spiro atoms. The van der Waals surface area contributed by atoms with Crippen LogP contribution in [0.1, 0.15) is 131 Å². The monoisotopic (exact) mass is 1140 g/mol. The van der Waals surface area contributed by atoms with Crippen LogP contribution in [0.25, 0.3) is 72.7 Å². The van der Waals surface area contributed by atoms with Crippen LogP contribution in [-0.4, -0.2) is 27.7 Å². The molecule has 8 aromatic rings. The molecule has 3 heterocycles. The van der Waals surface area contributed by atoms with Gasteiger partial charge in [0.25, 0.3) is 0 Å². The van der Waals surface area contributed by atoms with Crippen molar-refractivity contribution in [3.05, 3.63) is 161 Å². The SMILES string of the molecule is CC(C)(C)c1cc(-c2cc(-c3ccccc3)ccn2)[c-]c(-c2cccc3c2nc(-c2cc(C(C)(C)C)cc(C(C)(C)C)c2O)n3-c2ccc(C(C)(C)C)cc2-c2ccc3c(c2)[Si](C)(C)CCC3(C)C)c1.[Pt]. The van der Waals surface area contributed by atoms with Crippen molar-refractivity contribution in [2.75, 3.05) is 0 Å². The fourth-order valence-electron chi connectivity index (χ4n) is 10.4. The van der Waals surface area contributed by atoms with E-state index in [1.54, 1.807) is 5.19 Å². The maximum absolute atomic E-state index is 12.8. The number of fused-ring (bicyclic) bond motifs is 2. The normalized spacial score (nSPS) is 14.8. The van der Waals surface area contributed by atoms with Crippen LogP contribution in [0.3, 0.4) is 0 Å². The average Bonchev–Trinajstić information content (AvgIpc) is 3.68. The molecule has 0 saturated heterocycles. The summed E-state index contributed by atoms with van der Waals surface area (Å²) >= 11 is 0. The van der Waals surface area contributed by atoms with Gasteiger partial charge < -0.3 is 5.11 Å². The van der Waals surface area contributed by atoms with Gasteiger partial charge in [0.1, 0.15) is 11.6 Å². The van der Waals surface area contributed by atoms with E-state index < -0.39 is 8.07 Å². The van der Waals surface area contributed by atoms with Crippen molar-refractivity contribution in [2.24, 2.45) is 0 Å². The van der Waals surface area contributed by atoms with Gasteiger partial charge in [-0.3, -0.25) is 9.55 Å². The second-order valence-electron chi connectivity index (χ2n) is 25.6. The zero-order chi connectivity index (χ0) is 50.5. The molecule has 4 nitrogen and oxygen atoms in total. The number of benzene rings is 6. The van der Waals surface area contributed by atoms with Gasteiger partial charge >= 0.3 is 0 Å². The number of phenolic OH excluding ortho intramolecular Hbond substituents is 1. The first-order valence-electron chi connectivity index (χ1n) is 25.4. The number of pyridine rings is 1. The molecule has 1 aliphatic rings. The van der Waals surface area contributed by atoms with Gasteiger partial charge in [0.2, 0.25) is 0 Å². The second-order valence-corrected chi connectivity index (χ2v) is 30.4. The molecular formula is C65H74N3OPtSi-. The van der Waals surface area contributed by atoms with Gasteiger partial charge in [-0.1, -0.05) is 211 Å². The van der Waals surface area contributed by atoms with Crippen LogP contribution in [0.5, 0.6) is 5.75 Å². The summed E-state index contributed by atoms with van der Waals surface area (Å²) in [6.45, 7) is 36.9. The number of aromatic nitrogens is 3. The first-order chi connectivity index (χ1) is 32.6. The van der Waals surface area contributed by atoms with E-state index in [0.717, 1.165) is 72.5 Å². The Balaban J connectivity index is 0.00000676. The molecule has 0 amide bonds. The first-order valence-corrected chi connectivity index (χ1v) is 28.6. The number of nitrogens with zero attached hydrogens (tertiary/aromatic N) is 3. The van der Waals surface area contributed by atoms with Crippen molar-refractivity contribution in [1.82, 2.24) is 14.5 Å². The van der Waals surface area contributed by atoms with E-state index in [-0.39, 0.29) is 53.9 Å². The van der Waals surface area contributed by atoms with Crippen molar-refractivity contribution in [3.8, 4) is 67.5 Å². The van der Waals surface area contributed by atoms with Gasteiger partial charge in [-0.25, -0.2) is 4.98 Å². The van der Waals surface area contributed by atoms with Crippen LogP contribution in [0, 0.1) is 6.07 Å². The largest absolute Gasteiger partial charge is 0.507 e. The van der Waals surface area contributed by atoms with Gasteiger partial charge in [-0.05, 0) is 97.2 Å². The van der Waals surface area contributed by atoms with E-state index in [0.29, 0.717) is 5.82 Å². The summed E-state index contributed by atoms with van der Waals surface area (Å²) < 4.78 is 2.35. The van der Waals surface area contributed by atoms with Crippen molar-refractivity contribution in [1.29, 1.82) is 0 Å². The number of hydrogen-bond donors (Lipinski definition) is 1. The third-order valence-electron chi connectivity index (χ3n) is 15.1. The Kier molecular flexibility index (Phi) is 13.4. The molecule has 0 unspecified atom stereocenters. The molecule has 0 bridgehead atoms. The molecule has 1 aliphatic heterocycles. The van der Waals surface area contributed by atoms with E-state index in [1.807, 2.05) is 6.20 Å². The minimum absolute atomic E-state index is 0. The Morgan fingerprint density at radius 3 is 1.90 bits per heavy atom. The molecule has 370 valence electrons. The quantitative estimate of drug-likeness (QED) is 0.133. The number of phenols is 1. The van der Waals surface area contributed by atoms with Crippen molar-refractivity contribution in [2.45, 2.75) is 150 Å². The summed E-state index contributed by atoms with van der Waals surface area (Å²) in [4.78, 5) is 10.7. The Bertz CT molecular complexity index is 3310. The first kappa shape index (κ1) is 52.0. The van der Waals surface area contributed by atoms with Gasteiger partial charge in [0, 0.05) is 44.1 Å². The third kappa shape index (κ3) is 9.95. The Hall–Kier alpha value is -5.35. The van der Waals surface area contributed by atoms with E-state index in [1.165, 1.54) is 34.7 Å². The standard InChI is InChI=1S/C65H74N3OSi.Pt/c1-61(2,3)46-26-28-55(50(38-46)43-25-27-52-57(37-43)70(15,16)32-30-65(52,13)14)68-56-24-20-23-49(58(56)67-60(68)51-39-48(63(7,8)9)40-53(59(51)69)64(10,11)12)44-33-45(35-47(34-44)62(4,5)6)54-36-42(29-31-66-54)41-21-18-17-19-22-41;/h17-29,31,34-40,69H,30,32H2,1-16H3;/q-1;. The zero-order valence-electron chi connectivity index (χ0n) is 45.1. The summed E-state index contributed by atoms with van der Waals surface area (Å²) in [5.41, 5.74) is 17.3. The Labute approximate surface area is 440 Å². The maximum atomic E-state index is 12.8. The van der Waals surface area contributed by atoms with Crippen LogP contribution in [-0.2, 0) is 48.1 Å². The molecule has 6 heteroatoms. The molecule has 0 fully saturated rings. The van der Waals surface area contributed by atoms with E-state index in [9.17, 15) is 5.11 Å². The van der Waals surface area contributed by atoms with Crippen molar-refractivity contribution >= 4 is 24.3 Å². The second kappa shape index (κ2) is 18.3. The number of hydrogen-bond acceptors (Lipinski definition) is 3. The molecule has 71 heavy (non-hydrogen) atoms. The molecule has 9 rings (SSSR count). The smallest absolute Gasteiger partial charge is 0.148 e. The van der Waals surface area contributed by atoms with Crippen LogP contribution < -0.4 is 5.19 Å². The van der Waals surface area contributed by atoms with E-state index >= 15 is 0 Å². The molecule has 0 aliphatic carbocycles. The van der Waals surface area contributed by atoms with Gasteiger partial charge in [-0.2, -0.15) is 0 Å². The Morgan fingerprint density at radius 2 is 1.24 bits per heavy atom. The zero-order valence-corrected chi connectivity index (χ0v) is 48.4. The molecular weight excluding hydrogens is 1060 g/mol. The minimum Gasteiger partial charge on any atom is -0.507 e. The number of imidazole rings is 1. The van der Waals surface area contributed by atoms with Gasteiger partial charge in [-0.15, -0.1) is 29.3 Å². The van der Waals surface area contributed by atoms with Crippen LogP contribution in [0.4, 0.5) is 0 Å². The molecule has 1 N–H and O–H groups in total. The predicted molar refractivity (Wildman–Crippen MR) is 301 cm³/mol. The van der Waals surface area contributed by atoms with Crippen molar-refractivity contribution in [3.63, 3.8) is 0 Å². The average molecular weight is 1140 g/mol. The topological polar surface area (TPSA) is 50.9 Å². The van der Waals surface area contributed by atoms with Crippen LogP contribution in [0.15, 0.2) is 128 Å². The summed E-state index contributed by atoms with van der Waals surface area (Å²) in [5.74, 6) is 0.975. The van der Waals surface area contributed by atoms with Gasteiger partial charge in [0.05, 0.1) is 30.4 Å². The maximum Gasteiger partial charge on any atom is 0.148 e. The van der Waals surface area contributed by atoms with Crippen molar-refractivity contribution < 1.29 is 26.2 Å². The van der Waals surface area contributed by atoms with Crippen LogP contribution >= 0.6 is 0 Å². The predicted octanol–water partition coefficient (Wildman–Crippen LogP) is 17.0. The molecule has 0 atom stereocenters. The summed E-state index contributed by atoms with van der Waals surface area (Å²) in [6, 6.07) is 49.8. The summed E-state index contributed by atoms with van der Waals surface area (Å²) in [6.07, 6.45) is 3.13. The van der Waals surface area contributed by atoms with E-state index in [4.69, 9.17) is 9.97 Å². The van der Waals surface area contributed by atoms with Crippen LogP contribution in [0.2, 0.25) is 19.1 Å². The number of aromatic hydroxyl groups is 1. The minimum atomic E-state index is -1.73. The molecule has 0 saturated carbocycles. The van der Waals surface area contributed by atoms with Gasteiger partial charge in [0.15, 0.2) is 0 Å². The fourth-order valence-corrected chi connectivity index (χ4v) is 13.6. The molecule has 0 radical (unpaired) electrons. The fraction of sp³-hybridized carbons (Fsp3) is 0.354. The summed E-state index contributed by atoms with van der Waals surface area (Å²) in [7, 11) is -1.73. The molecule has 6 aromatic carbocycles. The van der Waals surface area contributed by atoms with E-state index in [2.05, 4.69) is 242 Å². The third-order valence-corrected chi connectivity index (χ3v) is 18.5. The number of para-hydroxylation sites is 1. The number of rotatable bonds is 6.